The molecule has 5 heteroatoms. The maximum Gasteiger partial charge on any atom is 0.171 e. The molecule has 0 saturated carbocycles. The number of carbonyl (C=O) groups excluding carboxylic acids is 1. The fourth-order valence-corrected chi connectivity index (χ4v) is 2.88. The first-order chi connectivity index (χ1) is 9.08. The Morgan fingerprint density at radius 2 is 2.00 bits per heavy atom. The molecule has 1 aromatic heterocycles. The second-order valence-electron chi connectivity index (χ2n) is 4.03. The SMILES string of the molecule is COc1cccc(-c2nc(C)c(C(C)=O)s2)c1OC. The average molecular weight is 277 g/mol. The number of ether oxygens (including phenoxy) is 2. The van der Waals surface area contributed by atoms with Gasteiger partial charge in [0, 0.05) is 6.92 Å². The number of hydrogen-bond donors (Lipinski definition) is 0. The van der Waals surface area contributed by atoms with E-state index in [1.54, 1.807) is 21.1 Å². The van der Waals surface area contributed by atoms with Crippen molar-refractivity contribution >= 4 is 17.1 Å². The number of methoxy groups -OCH3 is 2. The molecule has 2 rings (SSSR count). The van der Waals surface area contributed by atoms with Crippen LogP contribution in [0.1, 0.15) is 22.3 Å². The van der Waals surface area contributed by atoms with Crippen molar-refractivity contribution in [1.29, 1.82) is 0 Å². The molecule has 0 N–H and O–H groups in total. The molecule has 0 unspecified atom stereocenters. The number of nitrogens with zero attached hydrogens (tertiary/aromatic N) is 1. The van der Waals surface area contributed by atoms with Crippen LogP contribution in [0.5, 0.6) is 11.5 Å². The van der Waals surface area contributed by atoms with Gasteiger partial charge in [-0.1, -0.05) is 6.07 Å². The van der Waals surface area contributed by atoms with Gasteiger partial charge in [-0.15, -0.1) is 11.3 Å². The Labute approximate surface area is 116 Å². The molecular weight excluding hydrogens is 262 g/mol. The van der Waals surface area contributed by atoms with Crippen LogP contribution in [0, 0.1) is 6.92 Å². The van der Waals surface area contributed by atoms with E-state index in [-0.39, 0.29) is 5.78 Å². The Bertz CT molecular complexity index is 619. The summed E-state index contributed by atoms with van der Waals surface area (Å²) in [6.45, 7) is 3.39. The van der Waals surface area contributed by atoms with E-state index in [0.717, 1.165) is 16.3 Å². The van der Waals surface area contributed by atoms with Crippen molar-refractivity contribution in [2.45, 2.75) is 13.8 Å². The number of aromatic nitrogens is 1. The van der Waals surface area contributed by atoms with Crippen molar-refractivity contribution in [3.63, 3.8) is 0 Å². The normalized spacial score (nSPS) is 10.3. The highest BCUT2D eigenvalue weighted by molar-refractivity contribution is 7.17. The van der Waals surface area contributed by atoms with Gasteiger partial charge in [0.15, 0.2) is 17.3 Å². The first-order valence-electron chi connectivity index (χ1n) is 5.78. The van der Waals surface area contributed by atoms with Gasteiger partial charge in [0.2, 0.25) is 0 Å². The van der Waals surface area contributed by atoms with Crippen LogP contribution in [0.2, 0.25) is 0 Å². The quantitative estimate of drug-likeness (QED) is 0.804. The topological polar surface area (TPSA) is 48.4 Å². The Morgan fingerprint density at radius 3 is 2.53 bits per heavy atom. The van der Waals surface area contributed by atoms with Crippen LogP contribution < -0.4 is 9.47 Å². The minimum atomic E-state index is 0.0307. The van der Waals surface area contributed by atoms with Crippen molar-refractivity contribution in [3.05, 3.63) is 28.8 Å². The number of aryl methyl sites for hydroxylation is 1. The Hall–Kier alpha value is -1.88. The van der Waals surface area contributed by atoms with Gasteiger partial charge in [-0.05, 0) is 19.1 Å². The summed E-state index contributed by atoms with van der Waals surface area (Å²) in [4.78, 5) is 16.6. The lowest BCUT2D eigenvalue weighted by atomic mass is 10.2. The second-order valence-corrected chi connectivity index (χ2v) is 5.03. The van der Waals surface area contributed by atoms with E-state index in [0.29, 0.717) is 16.4 Å². The molecule has 0 aliphatic rings. The lowest BCUT2D eigenvalue weighted by Crippen LogP contribution is -1.92. The van der Waals surface area contributed by atoms with Crippen molar-refractivity contribution < 1.29 is 14.3 Å². The minimum absolute atomic E-state index is 0.0307. The maximum absolute atomic E-state index is 11.5. The first-order valence-corrected chi connectivity index (χ1v) is 6.59. The second kappa shape index (κ2) is 5.40. The molecule has 4 nitrogen and oxygen atoms in total. The summed E-state index contributed by atoms with van der Waals surface area (Å²) in [5, 5.41) is 0.762. The molecule has 0 spiro atoms. The Kier molecular flexibility index (Phi) is 3.85. The molecular formula is C14H15NO3S. The number of benzene rings is 1. The lowest BCUT2D eigenvalue weighted by molar-refractivity contribution is 0.102. The third-order valence-corrected chi connectivity index (χ3v) is 4.04. The van der Waals surface area contributed by atoms with Crippen LogP contribution in [0.4, 0.5) is 0 Å². The summed E-state index contributed by atoms with van der Waals surface area (Å²) >= 11 is 1.37. The van der Waals surface area contributed by atoms with Crippen molar-refractivity contribution in [2.75, 3.05) is 14.2 Å². The lowest BCUT2D eigenvalue weighted by Gasteiger charge is -2.10. The Balaban J connectivity index is 2.59. The van der Waals surface area contributed by atoms with Crippen molar-refractivity contribution in [1.82, 2.24) is 4.98 Å². The number of Topliss-reactive ketones (excluding diaryl/α,β-unsaturated/α-hetero) is 1. The number of rotatable bonds is 4. The van der Waals surface area contributed by atoms with Crippen LogP contribution >= 0.6 is 11.3 Å². The molecule has 1 heterocycles. The molecule has 0 atom stereocenters. The van der Waals surface area contributed by atoms with Gasteiger partial charge in [-0.25, -0.2) is 4.98 Å². The van der Waals surface area contributed by atoms with E-state index in [1.165, 1.54) is 11.3 Å². The number of para-hydroxylation sites is 1. The number of ketones is 1. The van der Waals surface area contributed by atoms with Gasteiger partial charge < -0.3 is 9.47 Å². The standard InChI is InChI=1S/C14H15NO3S/c1-8-13(9(2)16)19-14(15-8)10-6-5-7-11(17-3)12(10)18-4/h5-7H,1-4H3. The van der Waals surface area contributed by atoms with E-state index in [9.17, 15) is 4.79 Å². The molecule has 2 aromatic rings. The molecule has 100 valence electrons. The molecule has 19 heavy (non-hydrogen) atoms. The first kappa shape index (κ1) is 13.5. The zero-order valence-corrected chi connectivity index (χ0v) is 12.1. The molecule has 0 radical (unpaired) electrons. The van der Waals surface area contributed by atoms with Crippen molar-refractivity contribution in [2.24, 2.45) is 0 Å². The monoisotopic (exact) mass is 277 g/mol. The zero-order valence-electron chi connectivity index (χ0n) is 11.3. The molecule has 0 saturated heterocycles. The van der Waals surface area contributed by atoms with E-state index < -0.39 is 0 Å². The Morgan fingerprint density at radius 1 is 1.26 bits per heavy atom. The van der Waals surface area contributed by atoms with E-state index >= 15 is 0 Å². The molecule has 0 fully saturated rings. The van der Waals surface area contributed by atoms with Gasteiger partial charge in [-0.2, -0.15) is 0 Å². The molecule has 0 aliphatic carbocycles. The van der Waals surface area contributed by atoms with E-state index in [4.69, 9.17) is 9.47 Å². The summed E-state index contributed by atoms with van der Waals surface area (Å²) in [6.07, 6.45) is 0. The summed E-state index contributed by atoms with van der Waals surface area (Å²) in [7, 11) is 3.18. The van der Waals surface area contributed by atoms with Crippen molar-refractivity contribution in [3.8, 4) is 22.1 Å². The van der Waals surface area contributed by atoms with Crippen LogP contribution in [-0.4, -0.2) is 25.0 Å². The van der Waals surface area contributed by atoms with Gasteiger partial charge in [0.1, 0.15) is 5.01 Å². The third-order valence-electron chi connectivity index (χ3n) is 2.75. The van der Waals surface area contributed by atoms with Crippen LogP contribution in [0.25, 0.3) is 10.6 Å². The number of thiazole rings is 1. The largest absolute Gasteiger partial charge is 0.493 e. The molecule has 0 aliphatic heterocycles. The molecule has 1 aromatic carbocycles. The number of carbonyl (C=O) groups is 1. The van der Waals surface area contributed by atoms with Gasteiger partial charge in [0.25, 0.3) is 0 Å². The smallest absolute Gasteiger partial charge is 0.171 e. The van der Waals surface area contributed by atoms with Crippen LogP contribution in [-0.2, 0) is 0 Å². The third kappa shape index (κ3) is 2.46. The summed E-state index contributed by atoms with van der Waals surface area (Å²) in [6, 6.07) is 5.61. The summed E-state index contributed by atoms with van der Waals surface area (Å²) in [5.41, 5.74) is 1.58. The predicted octanol–water partition coefficient (Wildman–Crippen LogP) is 3.34. The van der Waals surface area contributed by atoms with E-state index in [2.05, 4.69) is 4.98 Å². The minimum Gasteiger partial charge on any atom is -0.493 e. The predicted molar refractivity (Wildman–Crippen MR) is 75.4 cm³/mol. The molecule has 0 bridgehead atoms. The van der Waals surface area contributed by atoms with Gasteiger partial charge in [0.05, 0.1) is 30.4 Å². The fourth-order valence-electron chi connectivity index (χ4n) is 1.89. The zero-order chi connectivity index (χ0) is 14.0. The van der Waals surface area contributed by atoms with Crippen LogP contribution in [0.3, 0.4) is 0 Å². The summed E-state index contributed by atoms with van der Waals surface area (Å²) < 4.78 is 10.7. The molecule has 0 amide bonds. The van der Waals surface area contributed by atoms with E-state index in [1.807, 2.05) is 25.1 Å². The maximum atomic E-state index is 11.5. The van der Waals surface area contributed by atoms with Gasteiger partial charge >= 0.3 is 0 Å². The number of hydrogen-bond acceptors (Lipinski definition) is 5. The average Bonchev–Trinajstić information content (AvgIpc) is 2.79. The summed E-state index contributed by atoms with van der Waals surface area (Å²) in [5.74, 6) is 1.31. The highest BCUT2D eigenvalue weighted by Gasteiger charge is 2.17. The fraction of sp³-hybridized carbons (Fsp3) is 0.286. The van der Waals surface area contributed by atoms with Crippen LogP contribution in [0.15, 0.2) is 18.2 Å². The van der Waals surface area contributed by atoms with Gasteiger partial charge in [-0.3, -0.25) is 4.79 Å². The highest BCUT2D eigenvalue weighted by Crippen LogP contribution is 2.40. The highest BCUT2D eigenvalue weighted by atomic mass is 32.1.